The zero-order valence-corrected chi connectivity index (χ0v) is 14.7. The number of fused-ring (bicyclic) bond motifs is 1. The van der Waals surface area contributed by atoms with E-state index >= 15 is 0 Å². The van der Waals surface area contributed by atoms with Crippen LogP contribution in [0.3, 0.4) is 0 Å². The summed E-state index contributed by atoms with van der Waals surface area (Å²) >= 11 is 0. The third-order valence-electron chi connectivity index (χ3n) is 3.62. The van der Waals surface area contributed by atoms with Gasteiger partial charge in [0.25, 0.3) is 0 Å². The second-order valence-electron chi connectivity index (χ2n) is 5.57. The van der Waals surface area contributed by atoms with Crippen molar-refractivity contribution < 1.29 is 22.6 Å². The van der Waals surface area contributed by atoms with E-state index in [1.165, 1.54) is 0 Å². The van der Waals surface area contributed by atoms with Gasteiger partial charge >= 0.3 is 0 Å². The van der Waals surface area contributed by atoms with Gasteiger partial charge in [-0.1, -0.05) is 30.3 Å². The predicted octanol–water partition coefficient (Wildman–Crippen LogP) is -0.644. The van der Waals surface area contributed by atoms with Gasteiger partial charge in [0.05, 0.1) is 11.0 Å². The first kappa shape index (κ1) is 20.0. The molecule has 2 N–H and O–H groups in total. The summed E-state index contributed by atoms with van der Waals surface area (Å²) in [5.74, 6) is 1.83. The molecule has 0 spiro atoms. The molecule has 130 valence electrons. The Morgan fingerprint density at radius 2 is 1.67 bits per heavy atom. The van der Waals surface area contributed by atoms with E-state index < -0.39 is 0 Å². The Morgan fingerprint density at radius 1 is 1.00 bits per heavy atom. The van der Waals surface area contributed by atoms with Crippen molar-refractivity contribution in [2.24, 2.45) is 0 Å². The van der Waals surface area contributed by atoms with Crippen molar-refractivity contribution in [3.8, 4) is 5.75 Å². The summed E-state index contributed by atoms with van der Waals surface area (Å²) in [6.07, 6.45) is 0. The topological polar surface area (TPSA) is 61.8 Å². The first-order chi connectivity index (χ1) is 10.7. The molecule has 3 aromatic rings. The molecule has 0 amide bonds. The fraction of sp³-hybridized carbons (Fsp3) is 0.278. The number of para-hydroxylation sites is 3. The molecular formula is C18H23ClN3O2-. The maximum Gasteiger partial charge on any atom is 0.148 e. The summed E-state index contributed by atoms with van der Waals surface area (Å²) in [4.78, 5) is 6.90. The van der Waals surface area contributed by atoms with Gasteiger partial charge in [0, 0.05) is 13.1 Å². The highest BCUT2D eigenvalue weighted by atomic mass is 35.5. The minimum absolute atomic E-state index is 0. The van der Waals surface area contributed by atoms with Crippen LogP contribution in [0.15, 0.2) is 54.6 Å². The highest BCUT2D eigenvalue weighted by Gasteiger charge is 2.11. The summed E-state index contributed by atoms with van der Waals surface area (Å²) in [5, 5.41) is 0. The molecule has 3 rings (SSSR count). The number of halogens is 1. The first-order valence-electron chi connectivity index (χ1n) is 7.51. The lowest BCUT2D eigenvalue weighted by atomic mass is 10.3. The van der Waals surface area contributed by atoms with Gasteiger partial charge < -0.3 is 32.1 Å². The molecule has 0 saturated carbocycles. The van der Waals surface area contributed by atoms with E-state index in [4.69, 9.17) is 9.72 Å². The van der Waals surface area contributed by atoms with Crippen LogP contribution in [0.2, 0.25) is 0 Å². The second kappa shape index (κ2) is 9.27. The van der Waals surface area contributed by atoms with E-state index in [0.717, 1.165) is 35.7 Å². The van der Waals surface area contributed by atoms with Crippen LogP contribution in [-0.2, 0) is 13.2 Å². The smallest absolute Gasteiger partial charge is 0.148 e. The zero-order chi connectivity index (χ0) is 15.4. The molecule has 6 heteroatoms. The van der Waals surface area contributed by atoms with Crippen LogP contribution in [0.25, 0.3) is 11.0 Å². The lowest BCUT2D eigenvalue weighted by Gasteiger charge is -2.13. The number of nitrogens with zero attached hydrogens (tertiary/aromatic N) is 3. The largest absolute Gasteiger partial charge is 1.00 e. The van der Waals surface area contributed by atoms with E-state index in [2.05, 4.69) is 35.7 Å². The van der Waals surface area contributed by atoms with E-state index in [0.29, 0.717) is 6.61 Å². The lowest BCUT2D eigenvalue weighted by Crippen LogP contribution is -3.00. The molecule has 5 nitrogen and oxygen atoms in total. The number of imidazole rings is 1. The third-order valence-corrected chi connectivity index (χ3v) is 3.62. The van der Waals surface area contributed by atoms with Crippen LogP contribution in [0, 0.1) is 0 Å². The van der Waals surface area contributed by atoms with Crippen LogP contribution >= 0.6 is 0 Å². The van der Waals surface area contributed by atoms with Crippen molar-refractivity contribution >= 4 is 11.0 Å². The first-order valence-corrected chi connectivity index (χ1v) is 7.51. The number of ether oxygens (including phenoxy) is 1. The van der Waals surface area contributed by atoms with E-state index in [9.17, 15) is 0 Å². The van der Waals surface area contributed by atoms with Gasteiger partial charge in [-0.3, -0.25) is 0 Å². The molecule has 2 aromatic carbocycles. The van der Waals surface area contributed by atoms with Crippen LogP contribution in [-0.4, -0.2) is 40.6 Å². The molecule has 0 atom stereocenters. The highest BCUT2D eigenvalue weighted by Crippen LogP contribution is 2.18. The molecule has 0 aliphatic heterocycles. The Balaban J connectivity index is 0.00000144. The number of hydrogen-bond donors (Lipinski definition) is 0. The van der Waals surface area contributed by atoms with Crippen molar-refractivity contribution in [2.75, 3.05) is 20.6 Å². The van der Waals surface area contributed by atoms with Crippen molar-refractivity contribution in [3.05, 3.63) is 60.4 Å². The maximum absolute atomic E-state index is 5.87. The monoisotopic (exact) mass is 348 g/mol. The minimum atomic E-state index is 0. The average molecular weight is 349 g/mol. The summed E-state index contributed by atoms with van der Waals surface area (Å²) in [6.45, 7) is 2.35. The summed E-state index contributed by atoms with van der Waals surface area (Å²) in [7, 11) is 4.17. The van der Waals surface area contributed by atoms with Gasteiger partial charge in [0.2, 0.25) is 0 Å². The maximum atomic E-state index is 5.87. The number of likely N-dealkylation sites (N-methyl/N-ethyl adjacent to an activating group) is 1. The summed E-state index contributed by atoms with van der Waals surface area (Å²) in [5.41, 5.74) is 2.18. The standard InChI is InChI=1S/C18H21N3O.ClH.H2O/c1-20(2)12-13-21-17-11-7-6-10-16(17)19-18(21)14-22-15-8-4-3-5-9-15;;/h3-11H,12-14H2,1-2H3;1H;1H2/p-1. The fourth-order valence-electron chi connectivity index (χ4n) is 2.45. The zero-order valence-electron chi connectivity index (χ0n) is 13.9. The molecule has 0 aliphatic rings. The highest BCUT2D eigenvalue weighted by molar-refractivity contribution is 5.75. The average Bonchev–Trinajstić information content (AvgIpc) is 2.89. The lowest BCUT2D eigenvalue weighted by molar-refractivity contribution is -0.00000618. The second-order valence-corrected chi connectivity index (χ2v) is 5.57. The van der Waals surface area contributed by atoms with Crippen LogP contribution in [0.5, 0.6) is 5.75 Å². The fourth-order valence-corrected chi connectivity index (χ4v) is 2.45. The Labute approximate surface area is 148 Å². The number of rotatable bonds is 6. The molecular weight excluding hydrogens is 326 g/mol. The quantitative estimate of drug-likeness (QED) is 0.595. The van der Waals surface area contributed by atoms with Crippen molar-refractivity contribution in [1.29, 1.82) is 0 Å². The van der Waals surface area contributed by atoms with Gasteiger partial charge in [-0.25, -0.2) is 4.98 Å². The van der Waals surface area contributed by atoms with E-state index in [-0.39, 0.29) is 17.9 Å². The van der Waals surface area contributed by atoms with Crippen molar-refractivity contribution in [2.45, 2.75) is 13.2 Å². The molecule has 1 aromatic heterocycles. The normalized spacial score (nSPS) is 10.3. The van der Waals surface area contributed by atoms with Crippen LogP contribution in [0.4, 0.5) is 0 Å². The Bertz CT molecular complexity index is 744. The molecule has 0 bridgehead atoms. The van der Waals surface area contributed by atoms with Gasteiger partial charge in [0.15, 0.2) is 0 Å². The van der Waals surface area contributed by atoms with Gasteiger partial charge in [-0.15, -0.1) is 0 Å². The Hall–Kier alpha value is -2.08. The molecule has 1 heterocycles. The van der Waals surface area contributed by atoms with Gasteiger partial charge in [0.1, 0.15) is 18.2 Å². The predicted molar refractivity (Wildman–Crippen MR) is 92.7 cm³/mol. The SMILES string of the molecule is CN(C)CCn1c(COc2ccccc2)nc2ccccc21.O.[Cl-]. The van der Waals surface area contributed by atoms with Crippen molar-refractivity contribution in [3.63, 3.8) is 0 Å². The Kier molecular flexibility index (Phi) is 7.71. The van der Waals surface area contributed by atoms with Crippen LogP contribution in [0.1, 0.15) is 5.82 Å². The molecule has 24 heavy (non-hydrogen) atoms. The van der Waals surface area contributed by atoms with Gasteiger partial charge in [-0.2, -0.15) is 0 Å². The van der Waals surface area contributed by atoms with Crippen molar-refractivity contribution in [1.82, 2.24) is 14.5 Å². The minimum Gasteiger partial charge on any atom is -1.00 e. The number of hydrogen-bond acceptors (Lipinski definition) is 3. The molecule has 0 saturated heterocycles. The Morgan fingerprint density at radius 3 is 2.38 bits per heavy atom. The van der Waals surface area contributed by atoms with Crippen LogP contribution < -0.4 is 17.1 Å². The van der Waals surface area contributed by atoms with E-state index in [1.54, 1.807) is 0 Å². The van der Waals surface area contributed by atoms with E-state index in [1.807, 2.05) is 42.5 Å². The number of benzene rings is 2. The molecule has 0 aliphatic carbocycles. The summed E-state index contributed by atoms with van der Waals surface area (Å²) < 4.78 is 8.12. The third kappa shape index (κ3) is 4.71. The summed E-state index contributed by atoms with van der Waals surface area (Å²) in [6, 6.07) is 18.1. The van der Waals surface area contributed by atoms with Gasteiger partial charge in [-0.05, 0) is 38.4 Å². The number of aromatic nitrogens is 2. The molecule has 0 radical (unpaired) electrons. The molecule has 0 unspecified atom stereocenters. The molecule has 0 fully saturated rings.